The third-order valence-electron chi connectivity index (χ3n) is 3.07. The van der Waals surface area contributed by atoms with E-state index in [0.717, 1.165) is 6.61 Å². The van der Waals surface area contributed by atoms with Crippen LogP contribution < -0.4 is 0 Å². The van der Waals surface area contributed by atoms with Crippen molar-refractivity contribution in [1.82, 2.24) is 4.90 Å². The summed E-state index contributed by atoms with van der Waals surface area (Å²) in [6.07, 6.45) is 4.09. The van der Waals surface area contributed by atoms with E-state index < -0.39 is 0 Å². The highest BCUT2D eigenvalue weighted by molar-refractivity contribution is 4.84. The Morgan fingerprint density at radius 3 is 1.93 bits per heavy atom. The predicted octanol–water partition coefficient (Wildman–Crippen LogP) is 3.07. The van der Waals surface area contributed by atoms with Gasteiger partial charge in [0.25, 0.3) is 0 Å². The molecule has 0 aliphatic carbocycles. The minimum absolute atomic E-state index is 0.0208. The van der Waals surface area contributed by atoms with Crippen LogP contribution in [0.5, 0.6) is 0 Å². The molecule has 0 bridgehead atoms. The number of hydrogen-bond acceptors (Lipinski definition) is 2. The van der Waals surface area contributed by atoms with Crippen LogP contribution >= 0.6 is 0 Å². The van der Waals surface area contributed by atoms with Crippen molar-refractivity contribution in [2.75, 3.05) is 19.7 Å². The maximum Gasteiger partial charge on any atom is 0.0652 e. The van der Waals surface area contributed by atoms with Gasteiger partial charge in [-0.3, -0.25) is 4.90 Å². The zero-order valence-electron chi connectivity index (χ0n) is 11.1. The fourth-order valence-electron chi connectivity index (χ4n) is 1.98. The molecule has 0 spiro atoms. The largest absolute Gasteiger partial charge is 0.374 e. The molecule has 0 aromatic heterocycles. The maximum atomic E-state index is 5.91. The number of hydrogen-bond donors (Lipinski definition) is 0. The molecule has 0 N–H and O–H groups in total. The van der Waals surface area contributed by atoms with Crippen molar-refractivity contribution in [2.24, 2.45) is 0 Å². The SMILES string of the molecule is CC(C)(C)OCC(C)(C)N1CCCCC1. The van der Waals surface area contributed by atoms with Crippen LogP contribution in [-0.4, -0.2) is 35.7 Å². The molecule has 1 fully saturated rings. The van der Waals surface area contributed by atoms with Gasteiger partial charge in [-0.05, 0) is 60.5 Å². The quantitative estimate of drug-likeness (QED) is 0.714. The van der Waals surface area contributed by atoms with E-state index >= 15 is 0 Å². The molecule has 2 nitrogen and oxygen atoms in total. The highest BCUT2D eigenvalue weighted by atomic mass is 16.5. The first-order valence-corrected chi connectivity index (χ1v) is 6.20. The monoisotopic (exact) mass is 213 g/mol. The van der Waals surface area contributed by atoms with Crippen molar-refractivity contribution in [3.8, 4) is 0 Å². The Hall–Kier alpha value is -0.0800. The van der Waals surface area contributed by atoms with Gasteiger partial charge in [-0.2, -0.15) is 0 Å². The molecule has 1 aliphatic rings. The van der Waals surface area contributed by atoms with Gasteiger partial charge in [-0.25, -0.2) is 0 Å². The third kappa shape index (κ3) is 4.52. The Morgan fingerprint density at radius 1 is 0.933 bits per heavy atom. The number of nitrogens with zero attached hydrogens (tertiary/aromatic N) is 1. The second-order valence-electron chi connectivity index (χ2n) is 6.26. The summed E-state index contributed by atoms with van der Waals surface area (Å²) in [5.41, 5.74) is 0.167. The van der Waals surface area contributed by atoms with Gasteiger partial charge in [-0.15, -0.1) is 0 Å². The first kappa shape index (κ1) is 13.0. The summed E-state index contributed by atoms with van der Waals surface area (Å²) in [6.45, 7) is 14.3. The number of piperidine rings is 1. The minimum Gasteiger partial charge on any atom is -0.374 e. The summed E-state index contributed by atoms with van der Waals surface area (Å²) < 4.78 is 5.91. The molecule has 0 radical (unpaired) electrons. The highest BCUT2D eigenvalue weighted by Crippen LogP contribution is 2.22. The topological polar surface area (TPSA) is 12.5 Å². The maximum absolute atomic E-state index is 5.91. The molecule has 0 saturated carbocycles. The minimum atomic E-state index is -0.0208. The molecule has 0 atom stereocenters. The summed E-state index contributed by atoms with van der Waals surface area (Å²) in [6, 6.07) is 0. The smallest absolute Gasteiger partial charge is 0.0652 e. The van der Waals surface area contributed by atoms with E-state index in [9.17, 15) is 0 Å². The Bertz CT molecular complexity index is 187. The molecular formula is C13H27NO. The molecular weight excluding hydrogens is 186 g/mol. The van der Waals surface area contributed by atoms with Crippen molar-refractivity contribution in [3.63, 3.8) is 0 Å². The van der Waals surface area contributed by atoms with Crippen molar-refractivity contribution in [3.05, 3.63) is 0 Å². The van der Waals surface area contributed by atoms with E-state index in [4.69, 9.17) is 4.74 Å². The Balaban J connectivity index is 2.42. The molecule has 1 heterocycles. The first-order chi connectivity index (χ1) is 6.81. The van der Waals surface area contributed by atoms with Gasteiger partial charge in [0.05, 0.1) is 12.2 Å². The fraction of sp³-hybridized carbons (Fsp3) is 1.00. The van der Waals surface area contributed by atoms with Gasteiger partial charge in [0.2, 0.25) is 0 Å². The Morgan fingerprint density at radius 2 is 1.47 bits per heavy atom. The normalized spacial score (nSPS) is 20.6. The summed E-state index contributed by atoms with van der Waals surface area (Å²) in [7, 11) is 0. The zero-order chi connectivity index (χ0) is 11.5. The molecule has 2 heteroatoms. The Labute approximate surface area is 95.0 Å². The molecule has 0 amide bonds. The molecule has 1 saturated heterocycles. The van der Waals surface area contributed by atoms with E-state index in [0.29, 0.717) is 0 Å². The highest BCUT2D eigenvalue weighted by Gasteiger charge is 2.29. The first-order valence-electron chi connectivity index (χ1n) is 6.20. The van der Waals surface area contributed by atoms with Crippen LogP contribution in [0.2, 0.25) is 0 Å². The van der Waals surface area contributed by atoms with E-state index in [1.165, 1.54) is 32.4 Å². The lowest BCUT2D eigenvalue weighted by atomic mass is 9.99. The van der Waals surface area contributed by atoms with Crippen LogP contribution in [0.3, 0.4) is 0 Å². The van der Waals surface area contributed by atoms with Crippen LogP contribution in [-0.2, 0) is 4.74 Å². The van der Waals surface area contributed by atoms with Gasteiger partial charge in [-0.1, -0.05) is 6.42 Å². The fourth-order valence-corrected chi connectivity index (χ4v) is 1.98. The summed E-state index contributed by atoms with van der Waals surface area (Å²) in [4.78, 5) is 2.57. The van der Waals surface area contributed by atoms with Crippen molar-refractivity contribution >= 4 is 0 Å². The van der Waals surface area contributed by atoms with Crippen LogP contribution in [0, 0.1) is 0 Å². The van der Waals surface area contributed by atoms with Crippen LogP contribution in [0.1, 0.15) is 53.9 Å². The lowest BCUT2D eigenvalue weighted by Gasteiger charge is -2.42. The molecule has 90 valence electrons. The number of ether oxygens (including phenoxy) is 1. The van der Waals surface area contributed by atoms with Crippen LogP contribution in [0.25, 0.3) is 0 Å². The van der Waals surface area contributed by atoms with Gasteiger partial charge < -0.3 is 4.74 Å². The van der Waals surface area contributed by atoms with E-state index in [1.54, 1.807) is 0 Å². The lowest BCUT2D eigenvalue weighted by molar-refractivity contribution is -0.0655. The zero-order valence-corrected chi connectivity index (χ0v) is 11.1. The molecule has 0 unspecified atom stereocenters. The van der Waals surface area contributed by atoms with E-state index in [1.807, 2.05) is 0 Å². The lowest BCUT2D eigenvalue weighted by Crippen LogP contribution is -2.50. The van der Waals surface area contributed by atoms with Gasteiger partial charge >= 0.3 is 0 Å². The summed E-state index contributed by atoms with van der Waals surface area (Å²) in [5.74, 6) is 0. The second kappa shape index (κ2) is 4.84. The van der Waals surface area contributed by atoms with Crippen LogP contribution in [0.4, 0.5) is 0 Å². The molecule has 1 aliphatic heterocycles. The molecule has 1 rings (SSSR count). The average Bonchev–Trinajstić information content (AvgIpc) is 2.16. The van der Waals surface area contributed by atoms with E-state index in [2.05, 4.69) is 39.5 Å². The van der Waals surface area contributed by atoms with Crippen molar-refractivity contribution in [2.45, 2.75) is 65.0 Å². The summed E-state index contributed by atoms with van der Waals surface area (Å²) >= 11 is 0. The van der Waals surface area contributed by atoms with Gasteiger partial charge in [0.1, 0.15) is 0 Å². The van der Waals surface area contributed by atoms with Crippen molar-refractivity contribution < 1.29 is 4.74 Å². The molecule has 0 aromatic rings. The van der Waals surface area contributed by atoms with Crippen LogP contribution in [0.15, 0.2) is 0 Å². The predicted molar refractivity (Wildman–Crippen MR) is 65.2 cm³/mol. The van der Waals surface area contributed by atoms with Gasteiger partial charge in [0.15, 0.2) is 0 Å². The van der Waals surface area contributed by atoms with Gasteiger partial charge in [0, 0.05) is 5.54 Å². The average molecular weight is 213 g/mol. The number of rotatable bonds is 3. The molecule has 15 heavy (non-hydrogen) atoms. The second-order valence-corrected chi connectivity index (χ2v) is 6.26. The van der Waals surface area contributed by atoms with Crippen molar-refractivity contribution in [1.29, 1.82) is 0 Å². The van der Waals surface area contributed by atoms with E-state index in [-0.39, 0.29) is 11.1 Å². The Kier molecular flexibility index (Phi) is 4.19. The molecule has 0 aromatic carbocycles. The summed E-state index contributed by atoms with van der Waals surface area (Å²) in [5, 5.41) is 0. The third-order valence-corrected chi connectivity index (χ3v) is 3.07. The number of likely N-dealkylation sites (tertiary alicyclic amines) is 1. The standard InChI is InChI=1S/C13H27NO/c1-12(2,3)15-11-13(4,5)14-9-7-6-8-10-14/h6-11H2,1-5H3.